The lowest BCUT2D eigenvalue weighted by atomic mass is 10.1. The molecule has 0 unspecified atom stereocenters. The van der Waals surface area contributed by atoms with E-state index in [9.17, 15) is 0 Å². The van der Waals surface area contributed by atoms with Crippen LogP contribution in [0, 0.1) is 13.8 Å². The van der Waals surface area contributed by atoms with Gasteiger partial charge in [0.25, 0.3) is 0 Å². The van der Waals surface area contributed by atoms with Crippen LogP contribution < -0.4 is 0 Å². The highest BCUT2D eigenvalue weighted by atomic mass is 32.1. The van der Waals surface area contributed by atoms with Crippen LogP contribution in [-0.4, -0.2) is 0 Å². The van der Waals surface area contributed by atoms with Gasteiger partial charge in [0.15, 0.2) is 0 Å². The molecule has 3 aromatic rings. The fourth-order valence-electron chi connectivity index (χ4n) is 2.02. The lowest BCUT2D eigenvalue weighted by Gasteiger charge is -1.99. The molecule has 0 nitrogen and oxygen atoms in total. The average molecular weight is 242 g/mol. The van der Waals surface area contributed by atoms with Crippen LogP contribution in [0.3, 0.4) is 0 Å². The maximum atomic E-state index is 2.25. The van der Waals surface area contributed by atoms with E-state index in [0.29, 0.717) is 0 Å². The van der Waals surface area contributed by atoms with Crippen molar-refractivity contribution in [1.29, 1.82) is 0 Å². The number of fused-ring (bicyclic) bond motifs is 3. The molecule has 0 atom stereocenters. The van der Waals surface area contributed by atoms with E-state index in [1.54, 1.807) is 0 Å². The van der Waals surface area contributed by atoms with Gasteiger partial charge in [-0.15, -0.1) is 11.3 Å². The van der Waals surface area contributed by atoms with Crippen LogP contribution >= 0.6 is 11.3 Å². The van der Waals surface area contributed by atoms with E-state index in [0.717, 1.165) is 0 Å². The Morgan fingerprint density at radius 1 is 0.824 bits per heavy atom. The summed E-state index contributed by atoms with van der Waals surface area (Å²) < 4.78 is 2.83. The highest BCUT2D eigenvalue weighted by molar-refractivity contribution is 7.26. The van der Waals surface area contributed by atoms with Gasteiger partial charge < -0.3 is 0 Å². The van der Waals surface area contributed by atoms with E-state index < -0.39 is 0 Å². The molecule has 0 spiro atoms. The topological polar surface area (TPSA) is 0 Å². The van der Waals surface area contributed by atoms with Crippen LogP contribution in [-0.2, 0) is 0 Å². The summed E-state index contributed by atoms with van der Waals surface area (Å²) in [4.78, 5) is 0. The molecule has 17 heavy (non-hydrogen) atoms. The number of hydrogen-bond donors (Lipinski definition) is 0. The first-order chi connectivity index (χ1) is 8.27. The van der Waals surface area contributed by atoms with E-state index >= 15 is 0 Å². The van der Waals surface area contributed by atoms with Crippen molar-refractivity contribution < 1.29 is 0 Å². The van der Waals surface area contributed by atoms with Crippen LogP contribution in [0.2, 0.25) is 0 Å². The summed E-state index contributed by atoms with van der Waals surface area (Å²) in [5, 5.41) is 2.79. The van der Waals surface area contributed by atoms with Crippen LogP contribution in [0.25, 0.3) is 20.2 Å². The molecule has 1 aromatic heterocycles. The highest BCUT2D eigenvalue weighted by Gasteiger charge is 2.07. The van der Waals surface area contributed by atoms with Gasteiger partial charge in [0, 0.05) is 20.2 Å². The number of benzene rings is 2. The molecule has 1 heterocycles. The number of thiophene rings is 1. The Balaban J connectivity index is 0.000000514. The van der Waals surface area contributed by atoms with Crippen molar-refractivity contribution >= 4 is 31.5 Å². The van der Waals surface area contributed by atoms with Gasteiger partial charge in [-0.3, -0.25) is 0 Å². The van der Waals surface area contributed by atoms with Gasteiger partial charge in [0.05, 0.1) is 0 Å². The zero-order valence-electron chi connectivity index (χ0n) is 10.9. The van der Waals surface area contributed by atoms with Gasteiger partial charge in [-0.05, 0) is 31.0 Å². The van der Waals surface area contributed by atoms with Crippen molar-refractivity contribution in [2.75, 3.05) is 0 Å². The number of hydrogen-bond acceptors (Lipinski definition) is 1. The van der Waals surface area contributed by atoms with Crippen molar-refractivity contribution in [3.63, 3.8) is 0 Å². The minimum Gasteiger partial charge on any atom is -0.135 e. The Morgan fingerprint density at radius 3 is 2.29 bits per heavy atom. The summed E-state index contributed by atoms with van der Waals surface area (Å²) in [7, 11) is 0. The summed E-state index contributed by atoms with van der Waals surface area (Å²) in [6.45, 7) is 8.40. The molecule has 88 valence electrons. The number of aryl methyl sites for hydroxylation is 2. The maximum Gasteiger partial charge on any atom is 0.0387 e. The summed E-state index contributed by atoms with van der Waals surface area (Å²) >= 11 is 1.90. The minimum absolute atomic E-state index is 1.38. The zero-order chi connectivity index (χ0) is 12.4. The molecule has 0 radical (unpaired) electrons. The second-order valence-electron chi connectivity index (χ2n) is 3.98. The molecular weight excluding hydrogens is 224 g/mol. The predicted molar refractivity (Wildman–Crippen MR) is 80.2 cm³/mol. The fraction of sp³-hybridized carbons (Fsp3) is 0.250. The van der Waals surface area contributed by atoms with Crippen molar-refractivity contribution in [2.24, 2.45) is 0 Å². The quantitative estimate of drug-likeness (QED) is 0.474. The first-order valence-corrected chi connectivity index (χ1v) is 6.96. The normalized spacial score (nSPS) is 10.4. The molecular formula is C16H18S. The number of rotatable bonds is 0. The van der Waals surface area contributed by atoms with E-state index in [2.05, 4.69) is 50.2 Å². The SMILES string of the molecule is CC.Cc1ccc2c(sc3ccccc32)c1C. The monoisotopic (exact) mass is 242 g/mol. The summed E-state index contributed by atoms with van der Waals surface area (Å²) in [6, 6.07) is 13.1. The maximum absolute atomic E-state index is 2.25. The molecule has 0 saturated heterocycles. The van der Waals surface area contributed by atoms with Gasteiger partial charge in [-0.2, -0.15) is 0 Å². The smallest absolute Gasteiger partial charge is 0.0387 e. The molecule has 2 aromatic carbocycles. The van der Waals surface area contributed by atoms with E-state index in [-0.39, 0.29) is 0 Å². The molecule has 0 aliphatic carbocycles. The Hall–Kier alpha value is -1.34. The van der Waals surface area contributed by atoms with Crippen LogP contribution in [0.4, 0.5) is 0 Å². The molecule has 1 heteroatoms. The average Bonchev–Trinajstić information content (AvgIpc) is 2.76. The van der Waals surface area contributed by atoms with E-state index in [1.807, 2.05) is 25.2 Å². The van der Waals surface area contributed by atoms with Gasteiger partial charge in [-0.1, -0.05) is 44.2 Å². The van der Waals surface area contributed by atoms with Crippen LogP contribution in [0.5, 0.6) is 0 Å². The third kappa shape index (κ3) is 1.96. The summed E-state index contributed by atoms with van der Waals surface area (Å²) in [5.41, 5.74) is 2.81. The van der Waals surface area contributed by atoms with E-state index in [4.69, 9.17) is 0 Å². The van der Waals surface area contributed by atoms with Gasteiger partial charge in [0.2, 0.25) is 0 Å². The second-order valence-corrected chi connectivity index (χ2v) is 5.03. The standard InChI is InChI=1S/C14H12S.C2H6/c1-9-7-8-12-11-5-3-4-6-13(11)15-14(12)10(9)2;1-2/h3-8H,1-2H3;1-2H3. The second kappa shape index (κ2) is 4.89. The van der Waals surface area contributed by atoms with Crippen molar-refractivity contribution in [3.05, 3.63) is 47.5 Å². The molecule has 0 amide bonds. The van der Waals surface area contributed by atoms with Crippen molar-refractivity contribution in [1.82, 2.24) is 0 Å². The van der Waals surface area contributed by atoms with Crippen molar-refractivity contribution in [3.8, 4) is 0 Å². The molecule has 0 aliphatic rings. The van der Waals surface area contributed by atoms with Gasteiger partial charge in [-0.25, -0.2) is 0 Å². The summed E-state index contributed by atoms with van der Waals surface area (Å²) in [5.74, 6) is 0. The lowest BCUT2D eigenvalue weighted by molar-refractivity contribution is 1.39. The Labute approximate surface area is 107 Å². The third-order valence-corrected chi connectivity index (χ3v) is 4.37. The Morgan fingerprint density at radius 2 is 1.53 bits per heavy atom. The molecule has 0 saturated carbocycles. The molecule has 0 aliphatic heterocycles. The fourth-order valence-corrected chi connectivity index (χ4v) is 3.28. The first kappa shape index (κ1) is 12.1. The lowest BCUT2D eigenvalue weighted by Crippen LogP contribution is -1.78. The first-order valence-electron chi connectivity index (χ1n) is 6.15. The highest BCUT2D eigenvalue weighted by Crippen LogP contribution is 2.36. The Bertz CT molecular complexity index is 647. The molecule has 0 bridgehead atoms. The van der Waals surface area contributed by atoms with Crippen LogP contribution in [0.1, 0.15) is 25.0 Å². The van der Waals surface area contributed by atoms with E-state index in [1.165, 1.54) is 31.3 Å². The zero-order valence-corrected chi connectivity index (χ0v) is 11.7. The van der Waals surface area contributed by atoms with Crippen molar-refractivity contribution in [2.45, 2.75) is 27.7 Å². The van der Waals surface area contributed by atoms with Gasteiger partial charge >= 0.3 is 0 Å². The van der Waals surface area contributed by atoms with Crippen LogP contribution in [0.15, 0.2) is 36.4 Å². The molecule has 3 rings (SSSR count). The largest absolute Gasteiger partial charge is 0.135 e. The molecule has 0 fully saturated rings. The van der Waals surface area contributed by atoms with Gasteiger partial charge in [0.1, 0.15) is 0 Å². The Kier molecular flexibility index (Phi) is 3.49. The summed E-state index contributed by atoms with van der Waals surface area (Å²) in [6.07, 6.45) is 0. The third-order valence-electron chi connectivity index (χ3n) is 3.07. The minimum atomic E-state index is 1.38. The molecule has 0 N–H and O–H groups in total. The predicted octanol–water partition coefficient (Wildman–Crippen LogP) is 5.70.